The number of hydrogen-bond acceptors (Lipinski definition) is 3. The second-order valence-corrected chi connectivity index (χ2v) is 5.23. The van der Waals surface area contributed by atoms with E-state index in [1.165, 1.54) is 0 Å². The SMILES string of the molecule is CCCC(C)CC(=O)OC(=O)CCCC(C)C. The highest BCUT2D eigenvalue weighted by Crippen LogP contribution is 2.12. The highest BCUT2D eigenvalue weighted by atomic mass is 16.6. The largest absolute Gasteiger partial charge is 0.393 e. The summed E-state index contributed by atoms with van der Waals surface area (Å²) in [6.07, 6.45) is 4.55. The van der Waals surface area contributed by atoms with E-state index in [1.807, 2.05) is 6.92 Å². The van der Waals surface area contributed by atoms with Crippen LogP contribution in [0.4, 0.5) is 0 Å². The first-order chi connectivity index (χ1) is 7.95. The second-order valence-electron chi connectivity index (χ2n) is 5.23. The molecule has 0 aromatic heterocycles. The van der Waals surface area contributed by atoms with E-state index in [1.54, 1.807) is 0 Å². The zero-order valence-corrected chi connectivity index (χ0v) is 11.6. The molecule has 0 aliphatic carbocycles. The van der Waals surface area contributed by atoms with Crippen LogP contribution in [0.1, 0.15) is 66.2 Å². The van der Waals surface area contributed by atoms with Crippen molar-refractivity contribution in [3.05, 3.63) is 0 Å². The van der Waals surface area contributed by atoms with Gasteiger partial charge < -0.3 is 4.74 Å². The Kier molecular flexibility index (Phi) is 8.73. The molecule has 0 aliphatic rings. The molecule has 0 radical (unpaired) electrons. The standard InChI is InChI=1S/C14H26O3/c1-5-7-12(4)10-14(16)17-13(15)9-6-8-11(2)3/h11-12H,5-10H2,1-4H3. The molecule has 0 rings (SSSR count). The van der Waals surface area contributed by atoms with Gasteiger partial charge in [-0.1, -0.05) is 47.0 Å². The lowest BCUT2D eigenvalue weighted by molar-refractivity contribution is -0.160. The number of rotatable bonds is 8. The molecule has 0 aliphatic heterocycles. The maximum Gasteiger partial charge on any atom is 0.313 e. The summed E-state index contributed by atoms with van der Waals surface area (Å²) in [5.41, 5.74) is 0. The molecule has 0 fully saturated rings. The van der Waals surface area contributed by atoms with Crippen molar-refractivity contribution in [3.8, 4) is 0 Å². The molecule has 0 aromatic carbocycles. The first-order valence-corrected chi connectivity index (χ1v) is 6.69. The smallest absolute Gasteiger partial charge is 0.313 e. The van der Waals surface area contributed by atoms with Crippen LogP contribution in [0.3, 0.4) is 0 Å². The average molecular weight is 242 g/mol. The van der Waals surface area contributed by atoms with Gasteiger partial charge in [-0.25, -0.2) is 0 Å². The van der Waals surface area contributed by atoms with E-state index in [4.69, 9.17) is 4.74 Å². The Labute approximate surface area is 105 Å². The molecule has 0 bridgehead atoms. The first kappa shape index (κ1) is 16.1. The summed E-state index contributed by atoms with van der Waals surface area (Å²) in [7, 11) is 0. The van der Waals surface area contributed by atoms with Crippen molar-refractivity contribution in [2.24, 2.45) is 11.8 Å². The molecule has 0 saturated carbocycles. The third-order valence-corrected chi connectivity index (χ3v) is 2.69. The zero-order valence-electron chi connectivity index (χ0n) is 11.6. The van der Waals surface area contributed by atoms with E-state index < -0.39 is 0 Å². The van der Waals surface area contributed by atoms with E-state index in [9.17, 15) is 9.59 Å². The number of ether oxygens (including phenoxy) is 1. The van der Waals surface area contributed by atoms with Crippen molar-refractivity contribution in [2.45, 2.75) is 66.2 Å². The molecule has 0 saturated heterocycles. The number of carbonyl (C=O) groups excluding carboxylic acids is 2. The lowest BCUT2D eigenvalue weighted by atomic mass is 10.0. The van der Waals surface area contributed by atoms with Crippen LogP contribution in [-0.2, 0) is 14.3 Å². The van der Waals surface area contributed by atoms with Gasteiger partial charge in [-0.15, -0.1) is 0 Å². The molecule has 0 N–H and O–H groups in total. The van der Waals surface area contributed by atoms with E-state index in [2.05, 4.69) is 20.8 Å². The Bertz CT molecular complexity index is 234. The van der Waals surface area contributed by atoms with Gasteiger partial charge in [0.25, 0.3) is 0 Å². The fourth-order valence-electron chi connectivity index (χ4n) is 1.75. The molecule has 17 heavy (non-hydrogen) atoms. The van der Waals surface area contributed by atoms with Crippen LogP contribution in [0.25, 0.3) is 0 Å². The Morgan fingerprint density at radius 1 is 1.06 bits per heavy atom. The number of esters is 2. The minimum absolute atomic E-state index is 0.302. The molecule has 100 valence electrons. The van der Waals surface area contributed by atoms with Crippen LogP contribution in [0.15, 0.2) is 0 Å². The van der Waals surface area contributed by atoms with Gasteiger partial charge >= 0.3 is 11.9 Å². The summed E-state index contributed by atoms with van der Waals surface area (Å²) >= 11 is 0. The lowest BCUT2D eigenvalue weighted by Crippen LogP contribution is -2.15. The van der Waals surface area contributed by atoms with Crippen molar-refractivity contribution in [2.75, 3.05) is 0 Å². The minimum Gasteiger partial charge on any atom is -0.393 e. The van der Waals surface area contributed by atoms with Gasteiger partial charge in [-0.3, -0.25) is 9.59 Å². The molecular weight excluding hydrogens is 216 g/mol. The third-order valence-electron chi connectivity index (χ3n) is 2.69. The van der Waals surface area contributed by atoms with Gasteiger partial charge in [0.05, 0.1) is 0 Å². The molecule has 3 heteroatoms. The third kappa shape index (κ3) is 10.0. The molecular formula is C14H26O3. The van der Waals surface area contributed by atoms with Gasteiger partial charge in [0, 0.05) is 12.8 Å². The van der Waals surface area contributed by atoms with Crippen LogP contribution in [-0.4, -0.2) is 11.9 Å². The minimum atomic E-state index is -0.376. The molecule has 1 unspecified atom stereocenters. The fraction of sp³-hybridized carbons (Fsp3) is 0.857. The molecule has 0 aromatic rings. The predicted molar refractivity (Wildman–Crippen MR) is 68.5 cm³/mol. The van der Waals surface area contributed by atoms with Gasteiger partial charge in [-0.2, -0.15) is 0 Å². The van der Waals surface area contributed by atoms with Gasteiger partial charge in [0.1, 0.15) is 0 Å². The van der Waals surface area contributed by atoms with Crippen molar-refractivity contribution in [1.82, 2.24) is 0 Å². The topological polar surface area (TPSA) is 43.4 Å². The Morgan fingerprint density at radius 2 is 1.71 bits per heavy atom. The predicted octanol–water partition coefficient (Wildman–Crippen LogP) is 3.71. The molecule has 0 heterocycles. The van der Waals surface area contributed by atoms with Crippen molar-refractivity contribution >= 4 is 11.9 Å². The summed E-state index contributed by atoms with van der Waals surface area (Å²) in [4.78, 5) is 22.7. The average Bonchev–Trinajstić information content (AvgIpc) is 2.16. The molecule has 0 spiro atoms. The van der Waals surface area contributed by atoms with E-state index in [-0.39, 0.29) is 11.9 Å². The summed E-state index contributed by atoms with van der Waals surface area (Å²) in [6.45, 7) is 8.32. The number of carbonyl (C=O) groups is 2. The Balaban J connectivity index is 3.69. The van der Waals surface area contributed by atoms with Crippen molar-refractivity contribution in [1.29, 1.82) is 0 Å². The van der Waals surface area contributed by atoms with E-state index >= 15 is 0 Å². The van der Waals surface area contributed by atoms with Crippen LogP contribution < -0.4 is 0 Å². The van der Waals surface area contributed by atoms with Crippen LogP contribution in [0.5, 0.6) is 0 Å². The summed E-state index contributed by atoms with van der Waals surface area (Å²) in [5, 5.41) is 0. The van der Waals surface area contributed by atoms with E-state index in [0.717, 1.165) is 25.7 Å². The molecule has 1 atom stereocenters. The second kappa shape index (κ2) is 9.20. The summed E-state index contributed by atoms with van der Waals surface area (Å²) in [6, 6.07) is 0. The molecule has 3 nitrogen and oxygen atoms in total. The van der Waals surface area contributed by atoms with E-state index in [0.29, 0.717) is 24.7 Å². The fourth-order valence-corrected chi connectivity index (χ4v) is 1.75. The Morgan fingerprint density at radius 3 is 2.24 bits per heavy atom. The van der Waals surface area contributed by atoms with Crippen LogP contribution in [0, 0.1) is 11.8 Å². The van der Waals surface area contributed by atoms with Crippen molar-refractivity contribution in [3.63, 3.8) is 0 Å². The maximum atomic E-state index is 11.4. The zero-order chi connectivity index (χ0) is 13.3. The van der Waals surface area contributed by atoms with Gasteiger partial charge in [0.15, 0.2) is 0 Å². The Hall–Kier alpha value is -0.860. The van der Waals surface area contributed by atoms with Gasteiger partial charge in [-0.05, 0) is 18.3 Å². The maximum absolute atomic E-state index is 11.4. The monoisotopic (exact) mass is 242 g/mol. The summed E-state index contributed by atoms with van der Waals surface area (Å²) in [5.74, 6) is 0.138. The molecule has 0 amide bonds. The highest BCUT2D eigenvalue weighted by Gasteiger charge is 2.13. The normalized spacial score (nSPS) is 12.5. The van der Waals surface area contributed by atoms with Gasteiger partial charge in [0.2, 0.25) is 0 Å². The summed E-state index contributed by atoms with van der Waals surface area (Å²) < 4.78 is 4.77. The quantitative estimate of drug-likeness (QED) is 0.481. The highest BCUT2D eigenvalue weighted by molar-refractivity contribution is 5.85. The van der Waals surface area contributed by atoms with Crippen molar-refractivity contribution < 1.29 is 14.3 Å². The van der Waals surface area contributed by atoms with Crippen LogP contribution in [0.2, 0.25) is 0 Å². The first-order valence-electron chi connectivity index (χ1n) is 6.69. The number of hydrogen-bond donors (Lipinski definition) is 0. The van der Waals surface area contributed by atoms with Crippen LogP contribution >= 0.6 is 0 Å². The lowest BCUT2D eigenvalue weighted by Gasteiger charge is -2.09.